The summed E-state index contributed by atoms with van der Waals surface area (Å²) in [6, 6.07) is 1.95. The van der Waals surface area contributed by atoms with Gasteiger partial charge in [-0.2, -0.15) is 5.26 Å². The second-order valence-electron chi connectivity index (χ2n) is 2.88. The van der Waals surface area contributed by atoms with Crippen LogP contribution in [-0.4, -0.2) is 11.5 Å². The molecule has 0 saturated heterocycles. The topological polar surface area (TPSA) is 66.9 Å². The van der Waals surface area contributed by atoms with E-state index in [9.17, 15) is 10.1 Å². The highest BCUT2D eigenvalue weighted by atomic mass is 16.6. The molecule has 1 atom stereocenters. The lowest BCUT2D eigenvalue weighted by atomic mass is 9.93. The highest BCUT2D eigenvalue weighted by molar-refractivity contribution is 4.77. The number of hydrogen-bond donors (Lipinski definition) is 0. The van der Waals surface area contributed by atoms with E-state index in [0.29, 0.717) is 0 Å². The molecule has 0 radical (unpaired) electrons. The van der Waals surface area contributed by atoms with Gasteiger partial charge in [-0.3, -0.25) is 10.1 Å². The highest BCUT2D eigenvalue weighted by Gasteiger charge is 2.18. The first-order valence-electron chi connectivity index (χ1n) is 3.56. The van der Waals surface area contributed by atoms with Gasteiger partial charge in [0.15, 0.2) is 0 Å². The van der Waals surface area contributed by atoms with Crippen LogP contribution in [0.3, 0.4) is 0 Å². The zero-order chi connectivity index (χ0) is 8.85. The molecule has 0 fully saturated rings. The van der Waals surface area contributed by atoms with E-state index in [4.69, 9.17) is 5.26 Å². The lowest BCUT2D eigenvalue weighted by molar-refractivity contribution is -0.489. The summed E-state index contributed by atoms with van der Waals surface area (Å²) in [6.07, 6.45) is 0.276. The predicted octanol–water partition coefficient (Wildman–Crippen LogP) is 1.45. The van der Waals surface area contributed by atoms with Crippen molar-refractivity contribution < 1.29 is 4.92 Å². The van der Waals surface area contributed by atoms with Crippen LogP contribution in [0.2, 0.25) is 0 Å². The molecule has 1 unspecified atom stereocenters. The Hall–Kier alpha value is -1.11. The summed E-state index contributed by atoms with van der Waals surface area (Å²) in [7, 11) is 0. The molecular weight excluding hydrogens is 144 g/mol. The first-order valence-corrected chi connectivity index (χ1v) is 3.56. The smallest absolute Gasteiger partial charge is 0.207 e. The predicted molar refractivity (Wildman–Crippen MR) is 40.4 cm³/mol. The Morgan fingerprint density at radius 3 is 2.45 bits per heavy atom. The normalized spacial score (nSPS) is 12.5. The van der Waals surface area contributed by atoms with Crippen molar-refractivity contribution in [3.63, 3.8) is 0 Å². The molecule has 0 aromatic rings. The number of nitrogens with zero attached hydrogens (tertiary/aromatic N) is 2. The molecule has 4 nitrogen and oxygen atoms in total. The van der Waals surface area contributed by atoms with Gasteiger partial charge in [-0.25, -0.2) is 0 Å². The van der Waals surface area contributed by atoms with Crippen LogP contribution >= 0.6 is 0 Å². The molecule has 0 aliphatic rings. The lowest BCUT2D eigenvalue weighted by Crippen LogP contribution is -2.18. The third-order valence-electron chi connectivity index (χ3n) is 1.68. The number of nitro groups is 1. The van der Waals surface area contributed by atoms with Crippen molar-refractivity contribution in [2.45, 2.75) is 20.3 Å². The van der Waals surface area contributed by atoms with Crippen LogP contribution in [0.4, 0.5) is 0 Å². The Labute approximate surface area is 66.0 Å². The van der Waals surface area contributed by atoms with Crippen LogP contribution in [-0.2, 0) is 0 Å². The van der Waals surface area contributed by atoms with Crippen LogP contribution in [0, 0.1) is 33.3 Å². The maximum Gasteiger partial charge on any atom is 0.207 e. The third kappa shape index (κ3) is 4.31. The van der Waals surface area contributed by atoms with Gasteiger partial charge in [0, 0.05) is 17.3 Å². The standard InChI is InChI=1S/C7H12N2O2/c1-6(2)7(3-4-8)5-9(10)11/h6-7H,3,5H2,1-2H3. The van der Waals surface area contributed by atoms with Crippen molar-refractivity contribution in [2.75, 3.05) is 6.54 Å². The summed E-state index contributed by atoms with van der Waals surface area (Å²) >= 11 is 0. The lowest BCUT2D eigenvalue weighted by Gasteiger charge is -2.11. The Balaban J connectivity index is 3.91. The molecule has 0 rings (SSSR count). The summed E-state index contributed by atoms with van der Waals surface area (Å²) < 4.78 is 0. The summed E-state index contributed by atoms with van der Waals surface area (Å²) in [5.41, 5.74) is 0. The second-order valence-corrected chi connectivity index (χ2v) is 2.88. The van der Waals surface area contributed by atoms with E-state index in [0.717, 1.165) is 0 Å². The maximum atomic E-state index is 10.1. The van der Waals surface area contributed by atoms with E-state index in [1.54, 1.807) is 0 Å². The summed E-state index contributed by atoms with van der Waals surface area (Å²) in [4.78, 5) is 9.73. The van der Waals surface area contributed by atoms with Crippen molar-refractivity contribution in [1.29, 1.82) is 5.26 Å². The van der Waals surface area contributed by atoms with Crippen molar-refractivity contribution in [3.05, 3.63) is 10.1 Å². The Morgan fingerprint density at radius 1 is 1.64 bits per heavy atom. The fourth-order valence-electron chi connectivity index (χ4n) is 0.820. The minimum absolute atomic E-state index is 0.0920. The van der Waals surface area contributed by atoms with Crippen molar-refractivity contribution in [2.24, 2.45) is 11.8 Å². The van der Waals surface area contributed by atoms with Crippen molar-refractivity contribution in [3.8, 4) is 6.07 Å². The van der Waals surface area contributed by atoms with Gasteiger partial charge in [-0.15, -0.1) is 0 Å². The second kappa shape index (κ2) is 4.67. The van der Waals surface area contributed by atoms with Crippen molar-refractivity contribution in [1.82, 2.24) is 0 Å². The first kappa shape index (κ1) is 9.89. The van der Waals surface area contributed by atoms with E-state index < -0.39 is 0 Å². The minimum atomic E-state index is -0.359. The molecular formula is C7H12N2O2. The molecule has 0 aromatic heterocycles. The average Bonchev–Trinajstić information content (AvgIpc) is 1.86. The maximum absolute atomic E-state index is 10.1. The number of rotatable bonds is 4. The largest absolute Gasteiger partial charge is 0.265 e. The van der Waals surface area contributed by atoms with Gasteiger partial charge in [-0.1, -0.05) is 13.8 Å². The molecule has 0 saturated carbocycles. The molecule has 0 amide bonds. The number of nitriles is 1. The quantitative estimate of drug-likeness (QED) is 0.457. The van der Waals surface area contributed by atoms with Gasteiger partial charge >= 0.3 is 0 Å². The monoisotopic (exact) mass is 156 g/mol. The fraction of sp³-hybridized carbons (Fsp3) is 0.857. The SMILES string of the molecule is CC(C)C(CC#N)C[N+](=O)[O-]. The highest BCUT2D eigenvalue weighted by Crippen LogP contribution is 2.14. The summed E-state index contributed by atoms with van der Waals surface area (Å²) in [5, 5.41) is 18.4. The molecule has 11 heavy (non-hydrogen) atoms. The van der Waals surface area contributed by atoms with Crippen LogP contribution in [0.1, 0.15) is 20.3 Å². The Bertz CT molecular complexity index is 172. The van der Waals surface area contributed by atoms with Gasteiger partial charge in [0.05, 0.1) is 6.07 Å². The molecule has 0 spiro atoms. The third-order valence-corrected chi connectivity index (χ3v) is 1.68. The van der Waals surface area contributed by atoms with E-state index in [-0.39, 0.29) is 29.7 Å². The van der Waals surface area contributed by atoms with Gasteiger partial charge in [0.2, 0.25) is 6.54 Å². The molecule has 4 heteroatoms. The molecule has 62 valence electrons. The van der Waals surface area contributed by atoms with E-state index in [1.165, 1.54) is 0 Å². The van der Waals surface area contributed by atoms with Gasteiger partial charge in [-0.05, 0) is 5.92 Å². The number of hydrogen-bond acceptors (Lipinski definition) is 3. The van der Waals surface area contributed by atoms with Crippen LogP contribution in [0.15, 0.2) is 0 Å². The average molecular weight is 156 g/mol. The first-order chi connectivity index (χ1) is 5.07. The summed E-state index contributed by atoms with van der Waals surface area (Å²) in [6.45, 7) is 3.70. The fourth-order valence-corrected chi connectivity index (χ4v) is 0.820. The van der Waals surface area contributed by atoms with Crippen LogP contribution in [0.25, 0.3) is 0 Å². The van der Waals surface area contributed by atoms with E-state index >= 15 is 0 Å². The van der Waals surface area contributed by atoms with Crippen LogP contribution < -0.4 is 0 Å². The summed E-state index contributed by atoms with van der Waals surface area (Å²) in [5.74, 6) is 0.107. The van der Waals surface area contributed by atoms with Crippen LogP contribution in [0.5, 0.6) is 0 Å². The molecule has 0 bridgehead atoms. The minimum Gasteiger partial charge on any atom is -0.265 e. The van der Waals surface area contributed by atoms with Gasteiger partial charge < -0.3 is 0 Å². The zero-order valence-electron chi connectivity index (χ0n) is 6.78. The molecule has 0 N–H and O–H groups in total. The Morgan fingerprint density at radius 2 is 2.18 bits per heavy atom. The molecule has 0 aromatic carbocycles. The van der Waals surface area contributed by atoms with E-state index in [1.807, 2.05) is 19.9 Å². The molecule has 0 aliphatic carbocycles. The Kier molecular flexibility index (Phi) is 4.20. The van der Waals surface area contributed by atoms with Gasteiger partial charge in [0.1, 0.15) is 0 Å². The van der Waals surface area contributed by atoms with E-state index in [2.05, 4.69) is 0 Å². The molecule has 0 aliphatic heterocycles. The zero-order valence-corrected chi connectivity index (χ0v) is 6.78. The van der Waals surface area contributed by atoms with Crippen molar-refractivity contribution >= 4 is 0 Å². The molecule has 0 heterocycles. The van der Waals surface area contributed by atoms with Gasteiger partial charge in [0.25, 0.3) is 0 Å².